The van der Waals surface area contributed by atoms with Gasteiger partial charge in [-0.25, -0.2) is 0 Å². The van der Waals surface area contributed by atoms with Gasteiger partial charge in [0.2, 0.25) is 5.89 Å². The molecule has 110 valence electrons. The molecule has 0 N–H and O–H groups in total. The summed E-state index contributed by atoms with van der Waals surface area (Å²) in [5.41, 5.74) is 0. The highest BCUT2D eigenvalue weighted by Gasteiger charge is 2.37. The molecule has 0 unspecified atom stereocenters. The molecule has 7 nitrogen and oxygen atoms in total. The summed E-state index contributed by atoms with van der Waals surface area (Å²) in [6.45, 7) is 4.86. The fourth-order valence-corrected chi connectivity index (χ4v) is 2.99. The van der Waals surface area contributed by atoms with E-state index in [0.717, 1.165) is 25.9 Å². The van der Waals surface area contributed by atoms with E-state index in [1.165, 1.54) is 0 Å². The molecule has 3 heterocycles. The summed E-state index contributed by atoms with van der Waals surface area (Å²) in [6, 6.07) is 0.378. The largest absolute Gasteiger partial charge is 0.464 e. The number of rotatable bonds is 4. The molecule has 7 heteroatoms. The van der Waals surface area contributed by atoms with Crippen LogP contribution < -0.4 is 0 Å². The van der Waals surface area contributed by atoms with E-state index in [2.05, 4.69) is 27.0 Å². The minimum Gasteiger partial charge on any atom is -0.464 e. The van der Waals surface area contributed by atoms with Crippen LogP contribution in [0.4, 0.5) is 0 Å². The zero-order valence-corrected chi connectivity index (χ0v) is 11.9. The van der Waals surface area contributed by atoms with Gasteiger partial charge in [-0.15, -0.1) is 0 Å². The summed E-state index contributed by atoms with van der Waals surface area (Å²) >= 11 is 0. The zero-order chi connectivity index (χ0) is 14.1. The van der Waals surface area contributed by atoms with Crippen LogP contribution in [0, 0.1) is 6.92 Å². The number of aryl methyl sites for hydroxylation is 1. The Bertz CT molecular complexity index is 490. The maximum absolute atomic E-state index is 11.6. The average Bonchev–Trinajstić information content (AvgIpc) is 3.10. The van der Waals surface area contributed by atoms with Gasteiger partial charge in [-0.05, 0) is 13.5 Å². The summed E-state index contributed by atoms with van der Waals surface area (Å²) < 4.78 is 10.0. The first kappa shape index (κ1) is 13.5. The predicted octanol–water partition coefficient (Wildman–Crippen LogP) is 0.200. The molecule has 2 saturated heterocycles. The first-order valence-corrected chi connectivity index (χ1v) is 7.03. The molecule has 20 heavy (non-hydrogen) atoms. The molecule has 2 fully saturated rings. The lowest BCUT2D eigenvalue weighted by Crippen LogP contribution is -2.40. The minimum atomic E-state index is -0.0675. The van der Waals surface area contributed by atoms with Gasteiger partial charge in [0.1, 0.15) is 6.04 Å². The van der Waals surface area contributed by atoms with E-state index in [0.29, 0.717) is 30.9 Å². The molecule has 3 rings (SSSR count). The third-order valence-corrected chi connectivity index (χ3v) is 4.13. The summed E-state index contributed by atoms with van der Waals surface area (Å²) in [6.07, 6.45) is 1.87. The van der Waals surface area contributed by atoms with Crippen molar-refractivity contribution in [1.82, 2.24) is 19.9 Å². The van der Waals surface area contributed by atoms with E-state index in [1.54, 1.807) is 6.92 Å². The SMILES string of the molecule is Cc1nc(CN(C)[C@H]2CCN([C@H]3CCOC3=O)C2)no1. The normalized spacial score (nSPS) is 27.4. The molecule has 2 atom stereocenters. The van der Waals surface area contributed by atoms with Gasteiger partial charge in [0.05, 0.1) is 13.2 Å². The number of carbonyl (C=O) groups is 1. The number of cyclic esters (lactones) is 1. The van der Waals surface area contributed by atoms with Crippen LogP contribution in [0.2, 0.25) is 0 Å². The van der Waals surface area contributed by atoms with Gasteiger partial charge in [-0.1, -0.05) is 5.16 Å². The summed E-state index contributed by atoms with van der Waals surface area (Å²) in [5.74, 6) is 1.24. The van der Waals surface area contributed by atoms with Crippen LogP contribution in [0.1, 0.15) is 24.6 Å². The number of esters is 1. The Morgan fingerprint density at radius 3 is 2.95 bits per heavy atom. The second kappa shape index (κ2) is 5.49. The lowest BCUT2D eigenvalue weighted by atomic mass is 10.2. The van der Waals surface area contributed by atoms with Crippen LogP contribution in [-0.2, 0) is 16.1 Å². The lowest BCUT2D eigenvalue weighted by Gasteiger charge is -2.24. The number of hydrogen-bond donors (Lipinski definition) is 0. The highest BCUT2D eigenvalue weighted by Crippen LogP contribution is 2.22. The lowest BCUT2D eigenvalue weighted by molar-refractivity contribution is -0.142. The molecular weight excluding hydrogens is 260 g/mol. The molecule has 0 bridgehead atoms. The average molecular weight is 280 g/mol. The van der Waals surface area contributed by atoms with Crippen molar-refractivity contribution in [2.45, 2.75) is 38.4 Å². The van der Waals surface area contributed by atoms with Gasteiger partial charge < -0.3 is 9.26 Å². The fourth-order valence-electron chi connectivity index (χ4n) is 2.99. The number of aromatic nitrogens is 2. The maximum Gasteiger partial charge on any atom is 0.323 e. The summed E-state index contributed by atoms with van der Waals surface area (Å²) in [7, 11) is 2.06. The van der Waals surface area contributed by atoms with E-state index in [1.807, 2.05) is 0 Å². The maximum atomic E-state index is 11.6. The third kappa shape index (κ3) is 2.69. The molecule has 0 aromatic carbocycles. The van der Waals surface area contributed by atoms with E-state index in [-0.39, 0.29) is 12.0 Å². The van der Waals surface area contributed by atoms with Crippen LogP contribution in [0.5, 0.6) is 0 Å². The van der Waals surface area contributed by atoms with Crippen LogP contribution in [0.25, 0.3) is 0 Å². The number of ether oxygens (including phenoxy) is 1. The second-order valence-electron chi connectivity index (χ2n) is 5.55. The molecule has 0 aliphatic carbocycles. The Labute approximate surface area is 117 Å². The van der Waals surface area contributed by atoms with Gasteiger partial charge in [0.25, 0.3) is 0 Å². The number of carbonyl (C=O) groups excluding carboxylic acids is 1. The monoisotopic (exact) mass is 280 g/mol. The van der Waals surface area contributed by atoms with E-state index >= 15 is 0 Å². The molecule has 0 spiro atoms. The van der Waals surface area contributed by atoms with Crippen molar-refractivity contribution in [2.75, 3.05) is 26.7 Å². The Kier molecular flexibility index (Phi) is 3.71. The Balaban J connectivity index is 1.55. The number of nitrogens with zero attached hydrogens (tertiary/aromatic N) is 4. The molecule has 1 aromatic heterocycles. The topological polar surface area (TPSA) is 71.7 Å². The van der Waals surface area contributed by atoms with Crippen molar-refractivity contribution >= 4 is 5.97 Å². The highest BCUT2D eigenvalue weighted by atomic mass is 16.5. The molecule has 0 amide bonds. The van der Waals surface area contributed by atoms with Gasteiger partial charge in [0, 0.05) is 32.5 Å². The standard InChI is InChI=1S/C13H20N4O3/c1-9-14-12(15-20-9)8-16(2)10-3-5-17(7-10)11-4-6-19-13(11)18/h10-11H,3-8H2,1-2H3/t10-,11-/m0/s1. The summed E-state index contributed by atoms with van der Waals surface area (Å²) in [5, 5.41) is 3.92. The molecular formula is C13H20N4O3. The predicted molar refractivity (Wildman–Crippen MR) is 69.8 cm³/mol. The van der Waals surface area contributed by atoms with Crippen molar-refractivity contribution in [3.05, 3.63) is 11.7 Å². The Hall–Kier alpha value is -1.47. The van der Waals surface area contributed by atoms with Gasteiger partial charge in [-0.3, -0.25) is 14.6 Å². The van der Waals surface area contributed by atoms with Crippen molar-refractivity contribution in [1.29, 1.82) is 0 Å². The number of hydrogen-bond acceptors (Lipinski definition) is 7. The second-order valence-corrected chi connectivity index (χ2v) is 5.55. The number of likely N-dealkylation sites (tertiary alicyclic amines) is 1. The smallest absolute Gasteiger partial charge is 0.323 e. The van der Waals surface area contributed by atoms with Gasteiger partial charge in [0.15, 0.2) is 5.82 Å². The van der Waals surface area contributed by atoms with Gasteiger partial charge in [-0.2, -0.15) is 4.98 Å². The van der Waals surface area contributed by atoms with Crippen molar-refractivity contribution in [3.63, 3.8) is 0 Å². The van der Waals surface area contributed by atoms with Crippen LogP contribution in [0.15, 0.2) is 4.52 Å². The van der Waals surface area contributed by atoms with Crippen molar-refractivity contribution < 1.29 is 14.1 Å². The first-order chi connectivity index (χ1) is 9.63. The van der Waals surface area contributed by atoms with Gasteiger partial charge >= 0.3 is 5.97 Å². The van der Waals surface area contributed by atoms with Crippen molar-refractivity contribution in [3.8, 4) is 0 Å². The molecule has 2 aliphatic heterocycles. The summed E-state index contributed by atoms with van der Waals surface area (Å²) in [4.78, 5) is 20.3. The Morgan fingerprint density at radius 2 is 2.30 bits per heavy atom. The first-order valence-electron chi connectivity index (χ1n) is 7.03. The van der Waals surface area contributed by atoms with Crippen molar-refractivity contribution in [2.24, 2.45) is 0 Å². The minimum absolute atomic E-state index is 0.0409. The molecule has 2 aliphatic rings. The highest BCUT2D eigenvalue weighted by molar-refractivity contribution is 5.77. The van der Waals surface area contributed by atoms with E-state index < -0.39 is 0 Å². The molecule has 1 aromatic rings. The van der Waals surface area contributed by atoms with E-state index in [9.17, 15) is 4.79 Å². The zero-order valence-electron chi connectivity index (χ0n) is 11.9. The Morgan fingerprint density at radius 1 is 1.45 bits per heavy atom. The number of likely N-dealkylation sites (N-methyl/N-ethyl adjacent to an activating group) is 1. The quantitative estimate of drug-likeness (QED) is 0.729. The van der Waals surface area contributed by atoms with Crippen LogP contribution in [0.3, 0.4) is 0 Å². The fraction of sp³-hybridized carbons (Fsp3) is 0.769. The molecule has 0 radical (unpaired) electrons. The molecule has 0 saturated carbocycles. The van der Waals surface area contributed by atoms with Crippen LogP contribution in [-0.4, -0.2) is 64.7 Å². The van der Waals surface area contributed by atoms with Crippen LogP contribution >= 0.6 is 0 Å². The van der Waals surface area contributed by atoms with E-state index in [4.69, 9.17) is 9.26 Å². The third-order valence-electron chi connectivity index (χ3n) is 4.13.